The average Bonchev–Trinajstić information content (AvgIpc) is 2.73. The lowest BCUT2D eigenvalue weighted by Crippen LogP contribution is -2.39. The third kappa shape index (κ3) is 4.57. The predicted molar refractivity (Wildman–Crippen MR) is 88.7 cm³/mol. The molecule has 1 aromatic carbocycles. The van der Waals surface area contributed by atoms with E-state index in [1.807, 2.05) is 5.32 Å². The van der Waals surface area contributed by atoms with Gasteiger partial charge in [0.1, 0.15) is 6.54 Å². The zero-order valence-corrected chi connectivity index (χ0v) is 15.0. The van der Waals surface area contributed by atoms with Crippen molar-refractivity contribution in [3.63, 3.8) is 0 Å². The third-order valence-corrected chi connectivity index (χ3v) is 3.78. The number of nitrogens with zero attached hydrogens (tertiary/aromatic N) is 2. The van der Waals surface area contributed by atoms with Crippen LogP contribution in [0.4, 0.5) is 23.7 Å². The van der Waals surface area contributed by atoms with Crippen molar-refractivity contribution in [2.24, 2.45) is 5.92 Å². The van der Waals surface area contributed by atoms with Gasteiger partial charge in [0.25, 0.3) is 0 Å². The number of rotatable bonds is 5. The molecule has 2 rings (SSSR count). The maximum absolute atomic E-state index is 13.1. The second-order valence-electron chi connectivity index (χ2n) is 6.22. The standard InChI is InChI=1S/C16H15ClF3N3O4/c1-8(2)6-22-13(25)14(26)23(15(22)27)7-12(24)21-11-4-3-9(17)5-10(11)16(18,19)20/h3-5,8H,6-7H2,1-2H3,(H,21,24). The van der Waals surface area contributed by atoms with Gasteiger partial charge in [-0.25, -0.2) is 9.69 Å². The summed E-state index contributed by atoms with van der Waals surface area (Å²) in [7, 11) is 0. The van der Waals surface area contributed by atoms with Crippen LogP contribution in [0.3, 0.4) is 0 Å². The van der Waals surface area contributed by atoms with Crippen molar-refractivity contribution in [1.82, 2.24) is 9.80 Å². The fraction of sp³-hybridized carbons (Fsp3) is 0.375. The van der Waals surface area contributed by atoms with E-state index in [4.69, 9.17) is 11.6 Å². The van der Waals surface area contributed by atoms with Crippen LogP contribution in [0, 0.1) is 5.92 Å². The largest absolute Gasteiger partial charge is 0.418 e. The van der Waals surface area contributed by atoms with Crippen LogP contribution in [0.25, 0.3) is 0 Å². The Kier molecular flexibility index (Phi) is 5.79. The van der Waals surface area contributed by atoms with E-state index >= 15 is 0 Å². The van der Waals surface area contributed by atoms with Crippen molar-refractivity contribution in [1.29, 1.82) is 0 Å². The molecule has 27 heavy (non-hydrogen) atoms. The monoisotopic (exact) mass is 405 g/mol. The molecular weight excluding hydrogens is 391 g/mol. The van der Waals surface area contributed by atoms with Gasteiger partial charge in [-0.3, -0.25) is 19.3 Å². The van der Waals surface area contributed by atoms with E-state index in [0.29, 0.717) is 15.9 Å². The maximum Gasteiger partial charge on any atom is 0.418 e. The van der Waals surface area contributed by atoms with Crippen molar-refractivity contribution in [2.75, 3.05) is 18.4 Å². The van der Waals surface area contributed by atoms with Crippen LogP contribution < -0.4 is 5.32 Å². The number of carbonyl (C=O) groups is 4. The molecule has 0 aromatic heterocycles. The first-order valence-electron chi connectivity index (χ1n) is 7.75. The summed E-state index contributed by atoms with van der Waals surface area (Å²) in [5.74, 6) is -3.46. The van der Waals surface area contributed by atoms with Gasteiger partial charge in [-0.2, -0.15) is 13.2 Å². The van der Waals surface area contributed by atoms with E-state index in [2.05, 4.69) is 0 Å². The number of urea groups is 1. The molecule has 0 aliphatic carbocycles. The molecule has 1 aliphatic rings. The number of halogens is 4. The van der Waals surface area contributed by atoms with Gasteiger partial charge in [0.15, 0.2) is 0 Å². The van der Waals surface area contributed by atoms with Crippen LogP contribution >= 0.6 is 11.6 Å². The highest BCUT2D eigenvalue weighted by Crippen LogP contribution is 2.36. The molecule has 0 atom stereocenters. The normalized spacial score (nSPS) is 15.1. The lowest BCUT2D eigenvalue weighted by Gasteiger charge is -2.18. The lowest BCUT2D eigenvalue weighted by atomic mass is 10.1. The molecule has 0 saturated carbocycles. The highest BCUT2D eigenvalue weighted by molar-refractivity contribution is 6.45. The summed E-state index contributed by atoms with van der Waals surface area (Å²) in [5.41, 5.74) is -1.76. The summed E-state index contributed by atoms with van der Waals surface area (Å²) in [4.78, 5) is 49.1. The van der Waals surface area contributed by atoms with E-state index in [1.54, 1.807) is 13.8 Å². The zero-order chi connectivity index (χ0) is 20.5. The molecule has 1 aliphatic heterocycles. The highest BCUT2D eigenvalue weighted by Gasteiger charge is 2.45. The van der Waals surface area contributed by atoms with Crippen LogP contribution in [0.5, 0.6) is 0 Å². The van der Waals surface area contributed by atoms with Crippen LogP contribution in [0.2, 0.25) is 5.02 Å². The molecule has 1 saturated heterocycles. The number of hydrogen-bond donors (Lipinski definition) is 1. The summed E-state index contributed by atoms with van der Waals surface area (Å²) in [6.07, 6.45) is -4.78. The van der Waals surface area contributed by atoms with Gasteiger partial charge in [0, 0.05) is 11.6 Å². The number of hydrogen-bond acceptors (Lipinski definition) is 4. The highest BCUT2D eigenvalue weighted by atomic mass is 35.5. The van der Waals surface area contributed by atoms with Crippen LogP contribution in [-0.2, 0) is 20.6 Å². The van der Waals surface area contributed by atoms with E-state index in [0.717, 1.165) is 12.1 Å². The minimum Gasteiger partial charge on any atom is -0.324 e. The molecule has 0 spiro atoms. The topological polar surface area (TPSA) is 86.8 Å². The Morgan fingerprint density at radius 3 is 2.30 bits per heavy atom. The van der Waals surface area contributed by atoms with Crippen molar-refractivity contribution < 1.29 is 32.3 Å². The molecule has 1 fully saturated rings. The molecule has 11 heteroatoms. The molecule has 0 bridgehead atoms. The summed E-state index contributed by atoms with van der Waals surface area (Å²) in [6.45, 7) is 2.54. The van der Waals surface area contributed by atoms with Gasteiger partial charge < -0.3 is 5.32 Å². The smallest absolute Gasteiger partial charge is 0.324 e. The molecule has 5 amide bonds. The molecular formula is C16H15ClF3N3O4. The predicted octanol–water partition coefficient (Wildman–Crippen LogP) is 2.74. The van der Waals surface area contributed by atoms with Crippen molar-refractivity contribution >= 4 is 41.0 Å². The Hall–Kier alpha value is -2.62. The number of carbonyl (C=O) groups excluding carboxylic acids is 4. The molecule has 146 valence electrons. The van der Waals surface area contributed by atoms with E-state index < -0.39 is 47.7 Å². The van der Waals surface area contributed by atoms with Crippen LogP contribution in [-0.4, -0.2) is 46.6 Å². The van der Waals surface area contributed by atoms with Gasteiger partial charge in [-0.15, -0.1) is 0 Å². The summed E-state index contributed by atoms with van der Waals surface area (Å²) >= 11 is 5.56. The number of amides is 5. The van der Waals surface area contributed by atoms with Crippen molar-refractivity contribution in [3.8, 4) is 0 Å². The first kappa shape index (κ1) is 20.7. The zero-order valence-electron chi connectivity index (χ0n) is 14.3. The molecule has 1 N–H and O–H groups in total. The van der Waals surface area contributed by atoms with Gasteiger partial charge in [0.2, 0.25) is 5.91 Å². The average molecular weight is 406 g/mol. The summed E-state index contributed by atoms with van der Waals surface area (Å²) in [6, 6.07) is 1.75. The minimum atomic E-state index is -4.78. The van der Waals surface area contributed by atoms with E-state index in [-0.39, 0.29) is 17.5 Å². The van der Waals surface area contributed by atoms with Crippen molar-refractivity contribution in [2.45, 2.75) is 20.0 Å². The first-order valence-corrected chi connectivity index (χ1v) is 8.13. The van der Waals surface area contributed by atoms with Gasteiger partial charge >= 0.3 is 24.0 Å². The number of imide groups is 2. The van der Waals surface area contributed by atoms with Crippen LogP contribution in [0.1, 0.15) is 19.4 Å². The number of nitrogens with one attached hydrogen (secondary N) is 1. The van der Waals surface area contributed by atoms with Gasteiger partial charge in [-0.1, -0.05) is 25.4 Å². The number of benzene rings is 1. The quantitative estimate of drug-likeness (QED) is 0.603. The Balaban J connectivity index is 2.16. The van der Waals surface area contributed by atoms with E-state index in [9.17, 15) is 32.3 Å². The van der Waals surface area contributed by atoms with E-state index in [1.165, 1.54) is 0 Å². The summed E-state index contributed by atoms with van der Waals surface area (Å²) in [5, 5.41) is 1.81. The molecule has 7 nitrogen and oxygen atoms in total. The molecule has 1 aromatic rings. The van der Waals surface area contributed by atoms with Gasteiger partial charge in [0.05, 0.1) is 11.3 Å². The fourth-order valence-corrected chi connectivity index (χ4v) is 2.58. The molecule has 0 radical (unpaired) electrons. The Morgan fingerprint density at radius 2 is 1.74 bits per heavy atom. The SMILES string of the molecule is CC(C)CN1C(=O)C(=O)N(CC(=O)Nc2ccc(Cl)cc2C(F)(F)F)C1=O. The Morgan fingerprint density at radius 1 is 1.15 bits per heavy atom. The van der Waals surface area contributed by atoms with Crippen molar-refractivity contribution in [3.05, 3.63) is 28.8 Å². The summed E-state index contributed by atoms with van der Waals surface area (Å²) < 4.78 is 39.2. The third-order valence-electron chi connectivity index (χ3n) is 3.55. The second kappa shape index (κ2) is 7.55. The minimum absolute atomic E-state index is 0.0169. The molecule has 0 unspecified atom stereocenters. The van der Waals surface area contributed by atoms with Crippen LogP contribution in [0.15, 0.2) is 18.2 Å². The Bertz CT molecular complexity index is 811. The Labute approximate surface area is 157 Å². The maximum atomic E-state index is 13.1. The number of anilines is 1. The van der Waals surface area contributed by atoms with Gasteiger partial charge in [-0.05, 0) is 24.1 Å². The first-order chi connectivity index (χ1) is 12.4. The number of alkyl halides is 3. The lowest BCUT2D eigenvalue weighted by molar-refractivity contribution is -0.143. The second-order valence-corrected chi connectivity index (χ2v) is 6.66. The molecule has 1 heterocycles. The fourth-order valence-electron chi connectivity index (χ4n) is 2.41.